The number of hydrogen-bond donors (Lipinski definition) is 2. The molecule has 140 valence electrons. The number of ether oxygens (including phenoxy) is 1. The van der Waals surface area contributed by atoms with Crippen molar-refractivity contribution < 1.29 is 13.2 Å². The van der Waals surface area contributed by atoms with Crippen LogP contribution in [0.4, 0.5) is 0 Å². The molecule has 1 aromatic heterocycles. The fourth-order valence-electron chi connectivity index (χ4n) is 1.97. The molecule has 0 fully saturated rings. The van der Waals surface area contributed by atoms with Crippen molar-refractivity contribution in [2.24, 2.45) is 7.05 Å². The Hall–Kier alpha value is -1.68. The molecule has 0 saturated carbocycles. The van der Waals surface area contributed by atoms with Gasteiger partial charge in [0, 0.05) is 20.1 Å². The molecule has 0 radical (unpaired) electrons. The van der Waals surface area contributed by atoms with Gasteiger partial charge in [0.2, 0.25) is 10.0 Å². The summed E-state index contributed by atoms with van der Waals surface area (Å²) in [7, 11) is -1.72. The lowest BCUT2D eigenvalue weighted by Crippen LogP contribution is -2.32. The Morgan fingerprint density at radius 2 is 1.88 bits per heavy atom. The molecule has 0 atom stereocenters. The van der Waals surface area contributed by atoms with Gasteiger partial charge in [0.25, 0.3) is 0 Å². The number of benzene rings is 1. The minimum atomic E-state index is -3.50. The Morgan fingerprint density at radius 1 is 1.16 bits per heavy atom. The van der Waals surface area contributed by atoms with Gasteiger partial charge in [-0.05, 0) is 37.2 Å². The summed E-state index contributed by atoms with van der Waals surface area (Å²) in [6, 6.07) is 6.29. The minimum Gasteiger partial charge on any atom is -0.486 e. The molecule has 0 bridgehead atoms. The Kier molecular flexibility index (Phi) is 8.84. The van der Waals surface area contributed by atoms with Gasteiger partial charge in [0.1, 0.15) is 18.7 Å². The summed E-state index contributed by atoms with van der Waals surface area (Å²) >= 11 is 0. The normalized spacial score (nSPS) is 11.1. The third-order valence-electron chi connectivity index (χ3n) is 3.33. The van der Waals surface area contributed by atoms with Crippen LogP contribution in [0.2, 0.25) is 0 Å². The van der Waals surface area contributed by atoms with Gasteiger partial charge in [0.15, 0.2) is 5.82 Å². The van der Waals surface area contributed by atoms with E-state index < -0.39 is 10.0 Å². The first-order valence-electron chi connectivity index (χ1n) is 7.79. The lowest BCUT2D eigenvalue weighted by molar-refractivity contribution is 0.289. The number of nitrogens with zero attached hydrogens (tertiary/aromatic N) is 3. The molecule has 0 aliphatic rings. The molecule has 1 heterocycles. The smallest absolute Gasteiger partial charge is 0.240 e. The molecule has 10 heteroatoms. The molecule has 2 rings (SSSR count). The van der Waals surface area contributed by atoms with Gasteiger partial charge in [-0.2, -0.15) is 5.10 Å². The van der Waals surface area contributed by atoms with Gasteiger partial charge in [-0.15, -0.1) is 12.4 Å². The molecular weight excluding hydrogens is 366 g/mol. The average molecular weight is 390 g/mol. The fourth-order valence-corrected chi connectivity index (χ4v) is 3.00. The van der Waals surface area contributed by atoms with Crippen LogP contribution < -0.4 is 14.8 Å². The molecule has 0 aliphatic carbocycles. The van der Waals surface area contributed by atoms with Crippen LogP contribution in [-0.2, 0) is 23.7 Å². The van der Waals surface area contributed by atoms with Gasteiger partial charge < -0.3 is 10.1 Å². The Morgan fingerprint density at radius 3 is 2.48 bits per heavy atom. The highest BCUT2D eigenvalue weighted by Gasteiger charge is 2.13. The van der Waals surface area contributed by atoms with Crippen LogP contribution in [0.5, 0.6) is 5.75 Å². The van der Waals surface area contributed by atoms with Gasteiger partial charge in [-0.1, -0.05) is 6.92 Å². The van der Waals surface area contributed by atoms with E-state index in [0.29, 0.717) is 24.7 Å². The van der Waals surface area contributed by atoms with Crippen molar-refractivity contribution in [3.05, 3.63) is 36.4 Å². The highest BCUT2D eigenvalue weighted by Crippen LogP contribution is 2.16. The molecule has 8 nitrogen and oxygen atoms in total. The summed E-state index contributed by atoms with van der Waals surface area (Å²) in [4.78, 5) is 4.27. The maximum Gasteiger partial charge on any atom is 0.240 e. The number of nitrogens with one attached hydrogen (secondary N) is 2. The van der Waals surface area contributed by atoms with Crippen molar-refractivity contribution in [3.63, 3.8) is 0 Å². The van der Waals surface area contributed by atoms with Crippen molar-refractivity contribution >= 4 is 22.4 Å². The molecule has 2 aromatic rings. The van der Waals surface area contributed by atoms with Gasteiger partial charge in [-0.25, -0.2) is 18.1 Å². The molecule has 0 saturated heterocycles. The zero-order chi connectivity index (χ0) is 17.4. The SMILES string of the molecule is CCCNCCNS(=O)(=O)c1ccc(OCc2ncnn2C)cc1.Cl. The first-order chi connectivity index (χ1) is 11.5. The van der Waals surface area contributed by atoms with E-state index in [1.807, 2.05) is 0 Å². The van der Waals surface area contributed by atoms with Crippen LogP contribution in [0, 0.1) is 0 Å². The summed E-state index contributed by atoms with van der Waals surface area (Å²) in [5.41, 5.74) is 0. The first kappa shape index (κ1) is 21.4. The van der Waals surface area contributed by atoms with Crippen molar-refractivity contribution in [2.75, 3.05) is 19.6 Å². The van der Waals surface area contributed by atoms with Crippen molar-refractivity contribution in [1.82, 2.24) is 24.8 Å². The van der Waals surface area contributed by atoms with E-state index in [9.17, 15) is 8.42 Å². The lowest BCUT2D eigenvalue weighted by atomic mass is 10.3. The first-order valence-corrected chi connectivity index (χ1v) is 9.27. The molecule has 0 unspecified atom stereocenters. The summed E-state index contributed by atoms with van der Waals surface area (Å²) in [6.07, 6.45) is 2.47. The average Bonchev–Trinajstić information content (AvgIpc) is 2.98. The number of aryl methyl sites for hydroxylation is 1. The third kappa shape index (κ3) is 6.62. The summed E-state index contributed by atoms with van der Waals surface area (Å²) < 4.78 is 34.1. The molecular formula is C15H24ClN5O3S. The molecule has 0 aliphatic heterocycles. The second kappa shape index (κ2) is 10.3. The number of aromatic nitrogens is 3. The van der Waals surface area contributed by atoms with E-state index in [4.69, 9.17) is 4.74 Å². The van der Waals surface area contributed by atoms with Crippen molar-refractivity contribution in [1.29, 1.82) is 0 Å². The molecule has 2 N–H and O–H groups in total. The summed E-state index contributed by atoms with van der Waals surface area (Å²) in [5, 5.41) is 7.10. The van der Waals surface area contributed by atoms with E-state index in [0.717, 1.165) is 13.0 Å². The zero-order valence-corrected chi connectivity index (χ0v) is 15.9. The second-order valence-electron chi connectivity index (χ2n) is 5.21. The van der Waals surface area contributed by atoms with Crippen molar-refractivity contribution in [2.45, 2.75) is 24.8 Å². The van der Waals surface area contributed by atoms with Crippen LogP contribution in [0.15, 0.2) is 35.5 Å². The standard InChI is InChI=1S/C15H23N5O3S.ClH/c1-3-8-16-9-10-19-24(21,22)14-6-4-13(5-7-14)23-11-15-17-12-18-20(15)2;/h4-7,12,16,19H,3,8-11H2,1-2H3;1H. The molecule has 25 heavy (non-hydrogen) atoms. The van der Waals surface area contributed by atoms with Gasteiger partial charge >= 0.3 is 0 Å². The quantitative estimate of drug-likeness (QED) is 0.590. The summed E-state index contributed by atoms with van der Waals surface area (Å²) in [6.45, 7) is 4.16. The van der Waals surface area contributed by atoms with Crippen LogP contribution in [-0.4, -0.2) is 42.8 Å². The Labute approximate surface area is 154 Å². The maximum atomic E-state index is 12.2. The van der Waals surface area contributed by atoms with Crippen molar-refractivity contribution in [3.8, 4) is 5.75 Å². The molecule has 0 amide bonds. The van der Waals surface area contributed by atoms with E-state index >= 15 is 0 Å². The van der Waals surface area contributed by atoms with E-state index in [1.165, 1.54) is 18.5 Å². The topological polar surface area (TPSA) is 98.1 Å². The number of hydrogen-bond acceptors (Lipinski definition) is 6. The van der Waals surface area contributed by atoms with Gasteiger partial charge in [-0.3, -0.25) is 4.68 Å². The minimum absolute atomic E-state index is 0. The predicted molar refractivity (Wildman–Crippen MR) is 97.4 cm³/mol. The van der Waals surface area contributed by atoms with Crippen LogP contribution in [0.25, 0.3) is 0 Å². The predicted octanol–water partition coefficient (Wildman–Crippen LogP) is 1.09. The Bertz CT molecular complexity index is 734. The number of rotatable bonds is 10. The molecule has 1 aromatic carbocycles. The molecule has 0 spiro atoms. The Balaban J connectivity index is 0.00000312. The summed E-state index contributed by atoms with van der Waals surface area (Å²) in [5.74, 6) is 1.26. The van der Waals surface area contributed by atoms with Crippen LogP contribution in [0.1, 0.15) is 19.2 Å². The van der Waals surface area contributed by atoms with E-state index in [2.05, 4.69) is 27.0 Å². The van der Waals surface area contributed by atoms with E-state index in [1.54, 1.807) is 23.9 Å². The second-order valence-corrected chi connectivity index (χ2v) is 6.97. The van der Waals surface area contributed by atoms with Gasteiger partial charge in [0.05, 0.1) is 4.90 Å². The van der Waals surface area contributed by atoms with Crippen LogP contribution in [0.3, 0.4) is 0 Å². The third-order valence-corrected chi connectivity index (χ3v) is 4.80. The monoisotopic (exact) mass is 389 g/mol. The highest BCUT2D eigenvalue weighted by molar-refractivity contribution is 7.89. The maximum absolute atomic E-state index is 12.2. The lowest BCUT2D eigenvalue weighted by Gasteiger charge is -2.09. The zero-order valence-electron chi connectivity index (χ0n) is 14.3. The largest absolute Gasteiger partial charge is 0.486 e. The number of sulfonamides is 1. The van der Waals surface area contributed by atoms with Crippen LogP contribution >= 0.6 is 12.4 Å². The van der Waals surface area contributed by atoms with E-state index in [-0.39, 0.29) is 23.9 Å². The number of halogens is 1. The fraction of sp³-hybridized carbons (Fsp3) is 0.467. The highest BCUT2D eigenvalue weighted by atomic mass is 35.5.